The Morgan fingerprint density at radius 1 is 1.16 bits per heavy atom. The van der Waals surface area contributed by atoms with Crippen LogP contribution in [0.3, 0.4) is 0 Å². The molecule has 0 atom stereocenters. The Balaban J connectivity index is 2.40. The number of nitrogens with zero attached hydrogens (tertiary/aromatic N) is 2. The van der Waals surface area contributed by atoms with Crippen molar-refractivity contribution in [3.8, 4) is 0 Å². The zero-order chi connectivity index (χ0) is 14.0. The van der Waals surface area contributed by atoms with Crippen LogP contribution in [-0.2, 0) is 0 Å². The molecule has 1 aromatic heterocycles. The SMILES string of the molecule is Cc1ccc(N(C)c2cc(C(N)=S)cc(C)n2)cc1. The normalized spacial score (nSPS) is 10.3. The second kappa shape index (κ2) is 5.36. The van der Waals surface area contributed by atoms with E-state index in [1.807, 2.05) is 31.0 Å². The van der Waals surface area contributed by atoms with Crippen molar-refractivity contribution in [1.82, 2.24) is 4.98 Å². The first kappa shape index (κ1) is 13.5. The number of pyridine rings is 1. The molecule has 0 aliphatic carbocycles. The molecule has 0 aliphatic heterocycles. The van der Waals surface area contributed by atoms with Crippen LogP contribution in [0.2, 0.25) is 0 Å². The molecule has 0 radical (unpaired) electrons. The van der Waals surface area contributed by atoms with Crippen LogP contribution in [0.4, 0.5) is 11.5 Å². The Labute approximate surface area is 119 Å². The molecule has 2 aromatic rings. The first-order valence-corrected chi connectivity index (χ1v) is 6.47. The van der Waals surface area contributed by atoms with Gasteiger partial charge < -0.3 is 10.6 Å². The smallest absolute Gasteiger partial charge is 0.133 e. The van der Waals surface area contributed by atoms with Gasteiger partial charge in [-0.25, -0.2) is 4.98 Å². The van der Waals surface area contributed by atoms with E-state index in [2.05, 4.69) is 36.2 Å². The number of rotatable bonds is 3. The zero-order valence-electron chi connectivity index (χ0n) is 11.3. The maximum absolute atomic E-state index is 5.70. The summed E-state index contributed by atoms with van der Waals surface area (Å²) in [5.74, 6) is 0.839. The van der Waals surface area contributed by atoms with Crippen molar-refractivity contribution in [2.24, 2.45) is 5.73 Å². The number of aromatic nitrogens is 1. The molecular formula is C15H17N3S. The average Bonchev–Trinajstić information content (AvgIpc) is 2.38. The van der Waals surface area contributed by atoms with Crippen LogP contribution in [0, 0.1) is 13.8 Å². The number of anilines is 2. The molecule has 1 aromatic carbocycles. The number of nitrogens with two attached hydrogens (primary N) is 1. The van der Waals surface area contributed by atoms with Crippen molar-refractivity contribution in [2.75, 3.05) is 11.9 Å². The van der Waals surface area contributed by atoms with E-state index in [0.717, 1.165) is 22.8 Å². The van der Waals surface area contributed by atoms with Crippen molar-refractivity contribution in [1.29, 1.82) is 0 Å². The topological polar surface area (TPSA) is 42.1 Å². The van der Waals surface area contributed by atoms with Crippen LogP contribution in [-0.4, -0.2) is 17.0 Å². The third kappa shape index (κ3) is 3.09. The molecule has 19 heavy (non-hydrogen) atoms. The van der Waals surface area contributed by atoms with E-state index in [0.29, 0.717) is 4.99 Å². The molecule has 0 unspecified atom stereocenters. The minimum absolute atomic E-state index is 0.393. The van der Waals surface area contributed by atoms with Crippen molar-refractivity contribution in [3.05, 3.63) is 53.2 Å². The molecule has 2 rings (SSSR count). The lowest BCUT2D eigenvalue weighted by Crippen LogP contribution is -2.15. The lowest BCUT2D eigenvalue weighted by atomic mass is 10.2. The Kier molecular flexibility index (Phi) is 3.81. The minimum Gasteiger partial charge on any atom is -0.389 e. The van der Waals surface area contributed by atoms with Crippen LogP contribution < -0.4 is 10.6 Å². The van der Waals surface area contributed by atoms with Crippen molar-refractivity contribution < 1.29 is 0 Å². The Morgan fingerprint density at radius 2 is 1.79 bits per heavy atom. The lowest BCUT2D eigenvalue weighted by molar-refractivity contribution is 1.09. The molecule has 0 saturated carbocycles. The summed E-state index contributed by atoms with van der Waals surface area (Å²) in [4.78, 5) is 6.94. The van der Waals surface area contributed by atoms with Gasteiger partial charge in [0.05, 0.1) is 0 Å². The van der Waals surface area contributed by atoms with Crippen molar-refractivity contribution in [3.63, 3.8) is 0 Å². The summed E-state index contributed by atoms with van der Waals surface area (Å²) < 4.78 is 0. The van der Waals surface area contributed by atoms with E-state index in [-0.39, 0.29) is 0 Å². The van der Waals surface area contributed by atoms with Crippen LogP contribution in [0.25, 0.3) is 0 Å². The monoisotopic (exact) mass is 271 g/mol. The molecule has 3 nitrogen and oxygen atoms in total. The highest BCUT2D eigenvalue weighted by Crippen LogP contribution is 2.23. The molecule has 98 valence electrons. The third-order valence-corrected chi connectivity index (χ3v) is 3.23. The van der Waals surface area contributed by atoms with Crippen LogP contribution in [0.1, 0.15) is 16.8 Å². The largest absolute Gasteiger partial charge is 0.389 e. The number of aryl methyl sites for hydroxylation is 2. The Hall–Kier alpha value is -1.94. The average molecular weight is 271 g/mol. The second-order valence-corrected chi connectivity index (χ2v) is 5.05. The van der Waals surface area contributed by atoms with Gasteiger partial charge in [-0.2, -0.15) is 0 Å². The third-order valence-electron chi connectivity index (χ3n) is 2.99. The summed E-state index contributed by atoms with van der Waals surface area (Å²) in [6.07, 6.45) is 0. The molecule has 0 aliphatic rings. The Bertz CT molecular complexity index is 605. The molecular weight excluding hydrogens is 254 g/mol. The minimum atomic E-state index is 0.393. The first-order valence-electron chi connectivity index (χ1n) is 6.06. The number of hydrogen-bond acceptors (Lipinski definition) is 3. The van der Waals surface area contributed by atoms with E-state index >= 15 is 0 Å². The van der Waals surface area contributed by atoms with Crippen molar-refractivity contribution >= 4 is 28.7 Å². The molecule has 0 amide bonds. The van der Waals surface area contributed by atoms with Gasteiger partial charge in [-0.05, 0) is 38.1 Å². The summed E-state index contributed by atoms with van der Waals surface area (Å²) in [5.41, 5.74) is 9.76. The van der Waals surface area contributed by atoms with Crippen molar-refractivity contribution in [2.45, 2.75) is 13.8 Å². The van der Waals surface area contributed by atoms with Gasteiger partial charge in [-0.1, -0.05) is 29.9 Å². The fourth-order valence-electron chi connectivity index (χ4n) is 1.87. The summed E-state index contributed by atoms with van der Waals surface area (Å²) in [7, 11) is 1.98. The van der Waals surface area contributed by atoms with E-state index < -0.39 is 0 Å². The predicted molar refractivity (Wildman–Crippen MR) is 84.1 cm³/mol. The summed E-state index contributed by atoms with van der Waals surface area (Å²) >= 11 is 5.03. The molecule has 0 bridgehead atoms. The summed E-state index contributed by atoms with van der Waals surface area (Å²) in [5, 5.41) is 0. The maximum atomic E-state index is 5.70. The van der Waals surface area contributed by atoms with Gasteiger partial charge in [0.25, 0.3) is 0 Å². The standard InChI is InChI=1S/C15H17N3S/c1-10-4-6-13(7-5-10)18(3)14-9-12(15(16)19)8-11(2)17-14/h4-9H,1-3H3,(H2,16,19). The highest BCUT2D eigenvalue weighted by atomic mass is 32.1. The number of thiocarbonyl (C=S) groups is 1. The second-order valence-electron chi connectivity index (χ2n) is 4.61. The van der Waals surface area contributed by atoms with Gasteiger partial charge in [-0.3, -0.25) is 0 Å². The first-order chi connectivity index (χ1) is 8.97. The molecule has 2 N–H and O–H groups in total. The number of hydrogen-bond donors (Lipinski definition) is 1. The summed E-state index contributed by atoms with van der Waals surface area (Å²) in [6.45, 7) is 4.01. The predicted octanol–water partition coefficient (Wildman–Crippen LogP) is 3.10. The van der Waals surface area contributed by atoms with E-state index in [9.17, 15) is 0 Å². The molecule has 0 spiro atoms. The van der Waals surface area contributed by atoms with E-state index in [1.54, 1.807) is 0 Å². The van der Waals surface area contributed by atoms with E-state index in [1.165, 1.54) is 5.56 Å². The van der Waals surface area contributed by atoms with Gasteiger partial charge in [0.2, 0.25) is 0 Å². The zero-order valence-corrected chi connectivity index (χ0v) is 12.2. The highest BCUT2D eigenvalue weighted by Gasteiger charge is 2.08. The van der Waals surface area contributed by atoms with Gasteiger partial charge in [0.1, 0.15) is 10.8 Å². The molecule has 0 fully saturated rings. The summed E-state index contributed by atoms with van der Waals surface area (Å²) in [6, 6.07) is 12.1. The van der Waals surface area contributed by atoms with E-state index in [4.69, 9.17) is 18.0 Å². The fraction of sp³-hybridized carbons (Fsp3) is 0.200. The maximum Gasteiger partial charge on any atom is 0.133 e. The highest BCUT2D eigenvalue weighted by molar-refractivity contribution is 7.80. The van der Waals surface area contributed by atoms with Gasteiger partial charge in [0.15, 0.2) is 0 Å². The van der Waals surface area contributed by atoms with Crippen LogP contribution >= 0.6 is 12.2 Å². The van der Waals surface area contributed by atoms with Crippen LogP contribution in [0.15, 0.2) is 36.4 Å². The van der Waals surface area contributed by atoms with Gasteiger partial charge in [0, 0.05) is 24.0 Å². The molecule has 0 saturated heterocycles. The lowest BCUT2D eigenvalue weighted by Gasteiger charge is -2.19. The van der Waals surface area contributed by atoms with Gasteiger partial charge >= 0.3 is 0 Å². The molecule has 4 heteroatoms. The van der Waals surface area contributed by atoms with Crippen LogP contribution in [0.5, 0.6) is 0 Å². The molecule has 1 heterocycles. The number of benzene rings is 1. The quantitative estimate of drug-likeness (QED) is 0.871. The van der Waals surface area contributed by atoms with Gasteiger partial charge in [-0.15, -0.1) is 0 Å². The fourth-order valence-corrected chi connectivity index (χ4v) is 1.98. The Morgan fingerprint density at radius 3 is 2.37 bits per heavy atom.